The molecule has 6 nitrogen and oxygen atoms in total. The molecule has 0 spiro atoms. The van der Waals surface area contributed by atoms with E-state index in [9.17, 15) is 13.2 Å². The number of hydrogen-bond donors (Lipinski definition) is 1. The number of amides is 1. The first-order chi connectivity index (χ1) is 9.93. The average molecular weight is 335 g/mol. The van der Waals surface area contributed by atoms with E-state index in [0.717, 1.165) is 25.7 Å². The van der Waals surface area contributed by atoms with Gasteiger partial charge in [-0.1, -0.05) is 0 Å². The Balaban J connectivity index is 2.04. The van der Waals surface area contributed by atoms with Crippen LogP contribution in [0.25, 0.3) is 0 Å². The minimum absolute atomic E-state index is 0.0272. The molecular weight excluding hydrogens is 316 g/mol. The maximum absolute atomic E-state index is 12.2. The van der Waals surface area contributed by atoms with Gasteiger partial charge in [0, 0.05) is 43.2 Å². The molecular formula is C13H19ClN2O4S. The van der Waals surface area contributed by atoms with Gasteiger partial charge in [0.05, 0.1) is 0 Å². The second-order valence-electron chi connectivity index (χ2n) is 5.09. The second kappa shape index (κ2) is 6.81. The molecule has 0 unspecified atom stereocenters. The summed E-state index contributed by atoms with van der Waals surface area (Å²) in [5.74, 6) is -0.272. The molecule has 1 aliphatic rings. The highest BCUT2D eigenvalue weighted by Gasteiger charge is 2.29. The molecule has 1 saturated carbocycles. The normalized spacial score (nSPS) is 15.1. The van der Waals surface area contributed by atoms with E-state index in [2.05, 4.69) is 5.32 Å². The van der Waals surface area contributed by atoms with E-state index in [0.29, 0.717) is 18.8 Å². The van der Waals surface area contributed by atoms with Gasteiger partial charge in [-0.2, -0.15) is 0 Å². The summed E-state index contributed by atoms with van der Waals surface area (Å²) in [6.45, 7) is 1.18. The molecule has 0 aliphatic heterocycles. The fourth-order valence-corrected chi connectivity index (χ4v) is 2.83. The standard InChI is InChI=1S/C13H19ClN2O4S/c1-20-7-3-2-6-15-13(17)12-8-11(21(14,18)19)9-16(12)10-4-5-10/h8-10H,2-7H2,1H3,(H,15,17). The summed E-state index contributed by atoms with van der Waals surface area (Å²) in [6, 6.07) is 1.54. The third-order valence-electron chi connectivity index (χ3n) is 3.34. The molecule has 1 N–H and O–H groups in total. The van der Waals surface area contributed by atoms with E-state index in [1.165, 1.54) is 12.3 Å². The summed E-state index contributed by atoms with van der Waals surface area (Å²) in [7, 11) is 3.16. The van der Waals surface area contributed by atoms with E-state index in [-0.39, 0.29) is 16.8 Å². The topological polar surface area (TPSA) is 77.4 Å². The number of hydrogen-bond acceptors (Lipinski definition) is 4. The third-order valence-corrected chi connectivity index (χ3v) is 4.66. The third kappa shape index (κ3) is 4.46. The van der Waals surface area contributed by atoms with E-state index in [1.54, 1.807) is 11.7 Å². The van der Waals surface area contributed by atoms with Crippen LogP contribution < -0.4 is 5.32 Å². The zero-order chi connectivity index (χ0) is 15.5. The number of aromatic nitrogens is 1. The summed E-state index contributed by atoms with van der Waals surface area (Å²) in [4.78, 5) is 12.1. The zero-order valence-corrected chi connectivity index (χ0v) is 13.4. The monoisotopic (exact) mass is 334 g/mol. The van der Waals surface area contributed by atoms with E-state index in [1.807, 2.05) is 0 Å². The van der Waals surface area contributed by atoms with Crippen LogP contribution in [0.15, 0.2) is 17.2 Å². The number of unbranched alkanes of at least 4 members (excludes halogenated alkanes) is 1. The Hall–Kier alpha value is -1.05. The predicted octanol–water partition coefficient (Wildman–Crippen LogP) is 1.91. The Morgan fingerprint density at radius 1 is 1.48 bits per heavy atom. The highest BCUT2D eigenvalue weighted by Crippen LogP contribution is 2.37. The Kier molecular flexibility index (Phi) is 5.29. The van der Waals surface area contributed by atoms with Gasteiger partial charge in [-0.15, -0.1) is 0 Å². The molecule has 0 atom stereocenters. The van der Waals surface area contributed by atoms with Crippen LogP contribution in [0.5, 0.6) is 0 Å². The molecule has 1 aliphatic carbocycles. The van der Waals surface area contributed by atoms with Crippen LogP contribution in [-0.2, 0) is 13.8 Å². The SMILES string of the molecule is COCCCCNC(=O)c1cc(S(=O)(=O)Cl)cn1C1CC1. The Morgan fingerprint density at radius 3 is 2.76 bits per heavy atom. The van der Waals surface area contributed by atoms with Crippen molar-refractivity contribution in [2.75, 3.05) is 20.3 Å². The van der Waals surface area contributed by atoms with Crippen LogP contribution in [0.2, 0.25) is 0 Å². The van der Waals surface area contributed by atoms with Crippen molar-refractivity contribution in [2.24, 2.45) is 0 Å². The van der Waals surface area contributed by atoms with Crippen molar-refractivity contribution in [1.82, 2.24) is 9.88 Å². The number of halogens is 1. The van der Waals surface area contributed by atoms with Crippen molar-refractivity contribution < 1.29 is 17.9 Å². The number of carbonyl (C=O) groups excluding carboxylic acids is 1. The Labute approximate surface area is 128 Å². The second-order valence-corrected chi connectivity index (χ2v) is 7.66. The van der Waals surface area contributed by atoms with Gasteiger partial charge in [0.25, 0.3) is 15.0 Å². The smallest absolute Gasteiger partial charge is 0.267 e. The molecule has 1 aromatic rings. The van der Waals surface area contributed by atoms with Crippen LogP contribution in [0.4, 0.5) is 0 Å². The fourth-order valence-electron chi connectivity index (χ4n) is 2.09. The van der Waals surface area contributed by atoms with Crippen molar-refractivity contribution in [1.29, 1.82) is 0 Å². The largest absolute Gasteiger partial charge is 0.385 e. The van der Waals surface area contributed by atoms with Gasteiger partial charge in [-0.3, -0.25) is 4.79 Å². The summed E-state index contributed by atoms with van der Waals surface area (Å²) in [5.41, 5.74) is 0.350. The lowest BCUT2D eigenvalue weighted by Gasteiger charge is -2.08. The maximum Gasteiger partial charge on any atom is 0.267 e. The molecule has 1 fully saturated rings. The molecule has 1 aromatic heterocycles. The van der Waals surface area contributed by atoms with Crippen LogP contribution in [-0.4, -0.2) is 39.2 Å². The predicted molar refractivity (Wildman–Crippen MR) is 79.2 cm³/mol. The minimum Gasteiger partial charge on any atom is -0.385 e. The van der Waals surface area contributed by atoms with E-state index >= 15 is 0 Å². The molecule has 0 saturated heterocycles. The first-order valence-electron chi connectivity index (χ1n) is 6.87. The molecule has 21 heavy (non-hydrogen) atoms. The molecule has 0 radical (unpaired) electrons. The maximum atomic E-state index is 12.2. The minimum atomic E-state index is -3.82. The molecule has 8 heteroatoms. The van der Waals surface area contributed by atoms with Gasteiger partial charge in [0.2, 0.25) is 0 Å². The molecule has 0 bridgehead atoms. The first-order valence-corrected chi connectivity index (χ1v) is 9.18. The van der Waals surface area contributed by atoms with Crippen molar-refractivity contribution >= 4 is 25.6 Å². The first kappa shape index (κ1) is 16.3. The van der Waals surface area contributed by atoms with Gasteiger partial charge in [-0.05, 0) is 31.7 Å². The number of carbonyl (C=O) groups is 1. The summed E-state index contributed by atoms with van der Waals surface area (Å²) >= 11 is 0. The van der Waals surface area contributed by atoms with Crippen molar-refractivity contribution in [3.8, 4) is 0 Å². The summed E-state index contributed by atoms with van der Waals surface area (Å²) < 4.78 is 29.4. The lowest BCUT2D eigenvalue weighted by atomic mass is 10.3. The fraction of sp³-hybridized carbons (Fsp3) is 0.615. The van der Waals surface area contributed by atoms with Crippen LogP contribution in [0.3, 0.4) is 0 Å². The van der Waals surface area contributed by atoms with Crippen LogP contribution in [0, 0.1) is 0 Å². The lowest BCUT2D eigenvalue weighted by molar-refractivity contribution is 0.0942. The highest BCUT2D eigenvalue weighted by molar-refractivity contribution is 8.13. The number of nitrogens with zero attached hydrogens (tertiary/aromatic N) is 1. The molecule has 0 aromatic carbocycles. The average Bonchev–Trinajstić information content (AvgIpc) is 3.15. The van der Waals surface area contributed by atoms with Crippen molar-refractivity contribution in [3.05, 3.63) is 18.0 Å². The van der Waals surface area contributed by atoms with Crippen molar-refractivity contribution in [3.63, 3.8) is 0 Å². The molecule has 1 heterocycles. The molecule has 118 valence electrons. The van der Waals surface area contributed by atoms with Gasteiger partial charge in [-0.25, -0.2) is 8.42 Å². The number of methoxy groups -OCH3 is 1. The van der Waals surface area contributed by atoms with Crippen molar-refractivity contribution in [2.45, 2.75) is 36.6 Å². The van der Waals surface area contributed by atoms with Gasteiger partial charge in [0.15, 0.2) is 0 Å². The molecule has 2 rings (SSSR count). The van der Waals surface area contributed by atoms with Crippen LogP contribution in [0.1, 0.15) is 42.2 Å². The number of nitrogens with one attached hydrogen (secondary N) is 1. The lowest BCUT2D eigenvalue weighted by Crippen LogP contribution is -2.26. The summed E-state index contributed by atoms with van der Waals surface area (Å²) in [5, 5.41) is 2.79. The van der Waals surface area contributed by atoms with Gasteiger partial charge >= 0.3 is 0 Å². The van der Waals surface area contributed by atoms with E-state index < -0.39 is 9.05 Å². The van der Waals surface area contributed by atoms with Crippen LogP contribution >= 0.6 is 10.7 Å². The highest BCUT2D eigenvalue weighted by atomic mass is 35.7. The molecule has 1 amide bonds. The number of rotatable bonds is 8. The van der Waals surface area contributed by atoms with E-state index in [4.69, 9.17) is 15.4 Å². The Morgan fingerprint density at radius 2 is 2.19 bits per heavy atom. The summed E-state index contributed by atoms with van der Waals surface area (Å²) in [6.07, 6.45) is 5.01. The Bertz CT molecular complexity index is 608. The van der Waals surface area contributed by atoms with Gasteiger partial charge < -0.3 is 14.6 Å². The number of ether oxygens (including phenoxy) is 1. The quantitative estimate of drug-likeness (QED) is 0.582. The zero-order valence-electron chi connectivity index (χ0n) is 11.8. The van der Waals surface area contributed by atoms with Gasteiger partial charge in [0.1, 0.15) is 10.6 Å².